The maximum atomic E-state index is 12.4. The molecule has 28 heavy (non-hydrogen) atoms. The molecule has 1 aromatic carbocycles. The van der Waals surface area contributed by atoms with Gasteiger partial charge in [0.25, 0.3) is 5.95 Å². The standard InChI is InChI=1S/C20H21N5O2S/c1-12(2)27-15-7-4-6-14(10-15)18-17-13(3)24-25(20-21-8-5-9-22-20)19(17)23-16(26)11-28-18/h4-10,12,18H,11H2,1-3H3,(H,23,26)/t18-/m1/s1. The van der Waals surface area contributed by atoms with Crippen LogP contribution in [0.2, 0.25) is 0 Å². The van der Waals surface area contributed by atoms with Crippen LogP contribution in [-0.4, -0.2) is 37.5 Å². The van der Waals surface area contributed by atoms with Gasteiger partial charge in [0.2, 0.25) is 5.91 Å². The summed E-state index contributed by atoms with van der Waals surface area (Å²) in [6.07, 6.45) is 3.41. The molecular weight excluding hydrogens is 374 g/mol. The van der Waals surface area contributed by atoms with Crippen LogP contribution in [0.1, 0.15) is 35.9 Å². The SMILES string of the molecule is Cc1nn(-c2ncccn2)c2c1[C@@H](c1cccc(OC(C)C)c1)SCC(=O)N2. The fraction of sp³-hybridized carbons (Fsp3) is 0.300. The van der Waals surface area contributed by atoms with Gasteiger partial charge in [-0.2, -0.15) is 9.78 Å². The van der Waals surface area contributed by atoms with Crippen molar-refractivity contribution in [2.24, 2.45) is 0 Å². The Hall–Kier alpha value is -2.87. The second-order valence-corrected chi connectivity index (χ2v) is 7.88. The fourth-order valence-electron chi connectivity index (χ4n) is 3.22. The molecule has 0 fully saturated rings. The van der Waals surface area contributed by atoms with Crippen molar-refractivity contribution in [1.82, 2.24) is 19.7 Å². The van der Waals surface area contributed by atoms with Crippen molar-refractivity contribution < 1.29 is 9.53 Å². The molecule has 1 amide bonds. The van der Waals surface area contributed by atoms with Gasteiger partial charge < -0.3 is 10.1 Å². The first-order chi connectivity index (χ1) is 13.5. The third-order valence-corrected chi connectivity index (χ3v) is 5.55. The van der Waals surface area contributed by atoms with E-state index in [1.165, 1.54) is 0 Å². The molecule has 1 atom stereocenters. The van der Waals surface area contributed by atoms with Gasteiger partial charge in [0, 0.05) is 18.0 Å². The Morgan fingerprint density at radius 2 is 2.04 bits per heavy atom. The lowest BCUT2D eigenvalue weighted by molar-refractivity contribution is -0.113. The highest BCUT2D eigenvalue weighted by atomic mass is 32.2. The number of rotatable bonds is 4. The molecule has 0 spiro atoms. The lowest BCUT2D eigenvalue weighted by Gasteiger charge is -2.17. The van der Waals surface area contributed by atoms with Gasteiger partial charge >= 0.3 is 0 Å². The van der Waals surface area contributed by atoms with Crippen molar-refractivity contribution in [2.45, 2.75) is 32.1 Å². The summed E-state index contributed by atoms with van der Waals surface area (Å²) in [7, 11) is 0. The number of fused-ring (bicyclic) bond motifs is 1. The summed E-state index contributed by atoms with van der Waals surface area (Å²) >= 11 is 1.58. The van der Waals surface area contributed by atoms with Crippen molar-refractivity contribution in [3.63, 3.8) is 0 Å². The molecule has 8 heteroatoms. The van der Waals surface area contributed by atoms with Gasteiger partial charge in [0.1, 0.15) is 11.6 Å². The summed E-state index contributed by atoms with van der Waals surface area (Å²) in [6.45, 7) is 5.95. The average molecular weight is 395 g/mol. The Kier molecular flexibility index (Phi) is 5.04. The average Bonchev–Trinajstić information content (AvgIpc) is 2.88. The Morgan fingerprint density at radius 1 is 1.25 bits per heavy atom. The number of nitrogens with zero attached hydrogens (tertiary/aromatic N) is 4. The van der Waals surface area contributed by atoms with E-state index in [0.29, 0.717) is 17.5 Å². The highest BCUT2D eigenvalue weighted by Gasteiger charge is 2.31. The van der Waals surface area contributed by atoms with Crippen LogP contribution in [0.4, 0.5) is 5.82 Å². The van der Waals surface area contributed by atoms with E-state index in [1.807, 2.05) is 39.0 Å². The molecule has 1 N–H and O–H groups in total. The molecule has 4 rings (SSSR count). The second-order valence-electron chi connectivity index (χ2n) is 6.79. The van der Waals surface area contributed by atoms with Gasteiger partial charge in [-0.15, -0.1) is 11.8 Å². The van der Waals surface area contributed by atoms with Gasteiger partial charge in [-0.3, -0.25) is 4.79 Å². The minimum absolute atomic E-state index is 0.0536. The molecule has 3 heterocycles. The molecule has 0 aliphatic carbocycles. The number of thioether (sulfide) groups is 1. The number of hydrogen-bond donors (Lipinski definition) is 1. The summed E-state index contributed by atoms with van der Waals surface area (Å²) in [6, 6.07) is 9.76. The van der Waals surface area contributed by atoms with Crippen LogP contribution in [0.15, 0.2) is 42.7 Å². The van der Waals surface area contributed by atoms with E-state index in [0.717, 1.165) is 22.6 Å². The predicted molar refractivity (Wildman–Crippen MR) is 109 cm³/mol. The van der Waals surface area contributed by atoms with E-state index in [9.17, 15) is 4.79 Å². The lowest BCUT2D eigenvalue weighted by Crippen LogP contribution is -2.16. The largest absolute Gasteiger partial charge is 0.491 e. The summed E-state index contributed by atoms with van der Waals surface area (Å²) in [4.78, 5) is 21.0. The first-order valence-corrected chi connectivity index (χ1v) is 10.1. The molecule has 144 valence electrons. The number of aromatic nitrogens is 4. The van der Waals surface area contributed by atoms with Crippen molar-refractivity contribution in [1.29, 1.82) is 0 Å². The first-order valence-electron chi connectivity index (χ1n) is 9.08. The van der Waals surface area contributed by atoms with Gasteiger partial charge in [-0.25, -0.2) is 9.97 Å². The van der Waals surface area contributed by atoms with E-state index in [-0.39, 0.29) is 17.3 Å². The number of nitrogens with one attached hydrogen (secondary N) is 1. The van der Waals surface area contributed by atoms with Crippen molar-refractivity contribution in [3.8, 4) is 11.7 Å². The molecule has 0 bridgehead atoms. The Balaban J connectivity index is 1.82. The molecule has 2 aromatic heterocycles. The van der Waals surface area contributed by atoms with E-state index >= 15 is 0 Å². The summed E-state index contributed by atoms with van der Waals surface area (Å²) in [5.74, 6) is 2.15. The number of aryl methyl sites for hydroxylation is 1. The summed E-state index contributed by atoms with van der Waals surface area (Å²) in [5.41, 5.74) is 2.86. The fourth-order valence-corrected chi connectivity index (χ4v) is 4.39. The zero-order valence-corrected chi connectivity index (χ0v) is 16.7. The third-order valence-electron chi connectivity index (χ3n) is 4.28. The molecule has 1 aliphatic heterocycles. The number of carbonyl (C=O) groups excluding carboxylic acids is 1. The molecule has 0 radical (unpaired) electrons. The maximum Gasteiger partial charge on any atom is 0.252 e. The van der Waals surface area contributed by atoms with Crippen molar-refractivity contribution in [2.75, 3.05) is 11.1 Å². The molecular formula is C20H21N5O2S. The molecule has 3 aromatic rings. The number of carbonyl (C=O) groups is 1. The molecule has 0 unspecified atom stereocenters. The van der Waals surface area contributed by atoms with Crippen molar-refractivity contribution in [3.05, 3.63) is 59.5 Å². The minimum atomic E-state index is -0.0691. The highest BCUT2D eigenvalue weighted by Crippen LogP contribution is 2.44. The van der Waals surface area contributed by atoms with Gasteiger partial charge in [0.05, 0.1) is 22.8 Å². The molecule has 7 nitrogen and oxygen atoms in total. The number of amides is 1. The van der Waals surface area contributed by atoms with E-state index in [1.54, 1.807) is 34.9 Å². The van der Waals surface area contributed by atoms with Crippen molar-refractivity contribution >= 4 is 23.5 Å². The lowest BCUT2D eigenvalue weighted by atomic mass is 10.0. The zero-order valence-electron chi connectivity index (χ0n) is 15.9. The quantitative estimate of drug-likeness (QED) is 0.728. The number of ether oxygens (including phenoxy) is 1. The zero-order chi connectivity index (χ0) is 19.7. The van der Waals surface area contributed by atoms with Crippen LogP contribution in [0.25, 0.3) is 5.95 Å². The van der Waals surface area contributed by atoms with Gasteiger partial charge in [-0.1, -0.05) is 12.1 Å². The van der Waals surface area contributed by atoms with E-state index in [4.69, 9.17) is 4.74 Å². The maximum absolute atomic E-state index is 12.4. The third kappa shape index (κ3) is 3.60. The summed E-state index contributed by atoms with van der Waals surface area (Å²) in [5, 5.41) is 7.55. The molecule has 0 saturated carbocycles. The van der Waals surface area contributed by atoms with Crippen LogP contribution < -0.4 is 10.1 Å². The Morgan fingerprint density at radius 3 is 2.79 bits per heavy atom. The summed E-state index contributed by atoms with van der Waals surface area (Å²) < 4.78 is 7.47. The minimum Gasteiger partial charge on any atom is -0.491 e. The monoisotopic (exact) mass is 395 g/mol. The van der Waals surface area contributed by atoms with Gasteiger partial charge in [-0.05, 0) is 44.5 Å². The molecule has 1 aliphatic rings. The Bertz CT molecular complexity index is 1000. The predicted octanol–water partition coefficient (Wildman–Crippen LogP) is 3.53. The van der Waals surface area contributed by atoms with E-state index in [2.05, 4.69) is 26.4 Å². The normalized spacial score (nSPS) is 16.4. The van der Waals surface area contributed by atoms with Crippen LogP contribution in [-0.2, 0) is 4.79 Å². The second kappa shape index (κ2) is 7.63. The van der Waals surface area contributed by atoms with Crippen LogP contribution >= 0.6 is 11.8 Å². The van der Waals surface area contributed by atoms with Gasteiger partial charge in [0.15, 0.2) is 0 Å². The smallest absolute Gasteiger partial charge is 0.252 e. The molecule has 0 saturated heterocycles. The number of benzene rings is 1. The number of hydrogen-bond acceptors (Lipinski definition) is 6. The van der Waals surface area contributed by atoms with Crippen LogP contribution in [0.3, 0.4) is 0 Å². The van der Waals surface area contributed by atoms with E-state index < -0.39 is 0 Å². The highest BCUT2D eigenvalue weighted by molar-refractivity contribution is 8.00. The van der Waals surface area contributed by atoms with Crippen LogP contribution in [0.5, 0.6) is 5.75 Å². The first kappa shape index (κ1) is 18.5. The number of anilines is 1. The van der Waals surface area contributed by atoms with Crippen LogP contribution in [0, 0.1) is 6.92 Å². The Labute approximate surface area is 167 Å². The topological polar surface area (TPSA) is 81.9 Å².